The van der Waals surface area contributed by atoms with Crippen molar-refractivity contribution in [2.24, 2.45) is 7.05 Å². The van der Waals surface area contributed by atoms with E-state index < -0.39 is 0 Å². The van der Waals surface area contributed by atoms with Gasteiger partial charge in [-0.05, 0) is 26.0 Å². The first kappa shape index (κ1) is 11.7. The zero-order chi connectivity index (χ0) is 11.9. The van der Waals surface area contributed by atoms with Crippen LogP contribution in [0.1, 0.15) is 19.5 Å². The first-order valence-electron chi connectivity index (χ1n) is 4.99. The number of nitrogen functional groups attached to an aromatic ring is 1. The van der Waals surface area contributed by atoms with Gasteiger partial charge in [0.25, 0.3) is 0 Å². The van der Waals surface area contributed by atoms with Crippen LogP contribution in [0, 0.1) is 0 Å². The molecule has 2 aromatic heterocycles. The highest BCUT2D eigenvalue weighted by Crippen LogP contribution is 2.39. The van der Waals surface area contributed by atoms with Crippen molar-refractivity contribution in [2.45, 2.75) is 18.6 Å². The van der Waals surface area contributed by atoms with E-state index in [2.05, 4.69) is 41.1 Å². The molecule has 0 atom stereocenters. The summed E-state index contributed by atoms with van der Waals surface area (Å²) in [5.74, 6) is 0.556. The zero-order valence-corrected chi connectivity index (χ0v) is 11.3. The third kappa shape index (κ3) is 1.78. The van der Waals surface area contributed by atoms with Gasteiger partial charge in [-0.15, -0.1) is 11.7 Å². The van der Waals surface area contributed by atoms with Crippen molar-refractivity contribution >= 4 is 39.2 Å². The average Bonchev–Trinajstić information content (AvgIpc) is 2.56. The van der Waals surface area contributed by atoms with Crippen LogP contribution in [-0.4, -0.2) is 9.55 Å². The van der Waals surface area contributed by atoms with Gasteiger partial charge in [0, 0.05) is 18.1 Å². The van der Waals surface area contributed by atoms with Crippen LogP contribution in [0.25, 0.3) is 10.9 Å². The summed E-state index contributed by atoms with van der Waals surface area (Å²) in [7, 11) is 3.58. The summed E-state index contributed by atoms with van der Waals surface area (Å²) in [4.78, 5) is 4.12. The Kier molecular flexibility index (Phi) is 2.84. The summed E-state index contributed by atoms with van der Waals surface area (Å²) in [6.45, 7) is 4.30. The molecule has 0 radical (unpaired) electrons. The number of rotatable bonds is 2. The molecule has 0 saturated carbocycles. The summed E-state index contributed by atoms with van der Waals surface area (Å²) in [6.07, 6.45) is 1.81. The van der Waals surface area contributed by atoms with Crippen molar-refractivity contribution in [3.63, 3.8) is 0 Å². The smallest absolute Gasteiger partial charge is 0.124 e. The fourth-order valence-electron chi connectivity index (χ4n) is 1.87. The lowest BCUT2D eigenvalue weighted by atomic mass is 10.1. The van der Waals surface area contributed by atoms with Crippen LogP contribution in [-0.2, 0) is 11.8 Å². The van der Waals surface area contributed by atoms with Crippen LogP contribution in [0.2, 0.25) is 0 Å². The number of hydrogen-bond donors (Lipinski definition) is 2. The molecule has 0 unspecified atom stereocenters. The summed E-state index contributed by atoms with van der Waals surface area (Å²) in [6, 6.07) is 4.05. The number of nitrogens with two attached hydrogens (primary N) is 1. The SMILES string of the molecule is Cn1c(C(C)(C)SS)cc2cc(N)ncc21. The van der Waals surface area contributed by atoms with Crippen LogP contribution >= 0.6 is 22.5 Å². The van der Waals surface area contributed by atoms with Crippen molar-refractivity contribution in [1.29, 1.82) is 0 Å². The molecular formula is C11H15N3S2. The molecule has 0 amide bonds. The molecule has 0 aromatic carbocycles. The van der Waals surface area contributed by atoms with E-state index in [0.717, 1.165) is 10.9 Å². The topological polar surface area (TPSA) is 43.8 Å². The third-order valence-electron chi connectivity index (χ3n) is 2.80. The largest absolute Gasteiger partial charge is 0.384 e. The fourth-order valence-corrected chi connectivity index (χ4v) is 2.44. The van der Waals surface area contributed by atoms with E-state index in [1.54, 1.807) is 0 Å². The Bertz CT molecular complexity index is 531. The van der Waals surface area contributed by atoms with Crippen LogP contribution in [0.4, 0.5) is 5.82 Å². The number of thiol groups is 1. The Morgan fingerprint density at radius 3 is 2.75 bits per heavy atom. The maximum absolute atomic E-state index is 5.68. The molecule has 0 fully saturated rings. The third-order valence-corrected chi connectivity index (χ3v) is 4.83. The standard InChI is InChI=1S/C11H15N3S2/c1-11(2,16-15)9-4-7-5-10(12)13-6-8(7)14(9)3/h4-6,15H,1-3H3,(H2,12,13). The van der Waals surface area contributed by atoms with E-state index in [0.29, 0.717) is 5.82 Å². The van der Waals surface area contributed by atoms with Gasteiger partial charge >= 0.3 is 0 Å². The maximum atomic E-state index is 5.68. The first-order chi connectivity index (χ1) is 7.45. The molecule has 2 heterocycles. The molecule has 0 bridgehead atoms. The highest BCUT2D eigenvalue weighted by Gasteiger charge is 2.24. The molecule has 0 spiro atoms. The Morgan fingerprint density at radius 2 is 2.12 bits per heavy atom. The molecule has 2 aromatic rings. The Labute approximate surface area is 104 Å². The fraction of sp³-hybridized carbons (Fsp3) is 0.364. The molecule has 5 heteroatoms. The van der Waals surface area contributed by atoms with E-state index in [-0.39, 0.29) is 4.75 Å². The molecule has 0 aliphatic heterocycles. The number of aromatic nitrogens is 2. The van der Waals surface area contributed by atoms with Gasteiger partial charge in [0.15, 0.2) is 0 Å². The summed E-state index contributed by atoms with van der Waals surface area (Å²) < 4.78 is 2.11. The second-order valence-electron chi connectivity index (χ2n) is 4.36. The van der Waals surface area contributed by atoms with Crippen molar-refractivity contribution in [3.8, 4) is 0 Å². The normalized spacial score (nSPS) is 12.2. The van der Waals surface area contributed by atoms with E-state index >= 15 is 0 Å². The molecule has 0 aliphatic carbocycles. The monoisotopic (exact) mass is 253 g/mol. The van der Waals surface area contributed by atoms with Gasteiger partial charge in [-0.3, -0.25) is 0 Å². The molecule has 16 heavy (non-hydrogen) atoms. The predicted molar refractivity (Wildman–Crippen MR) is 74.7 cm³/mol. The summed E-state index contributed by atoms with van der Waals surface area (Å²) in [5, 5.41) is 1.13. The molecular weight excluding hydrogens is 238 g/mol. The second-order valence-corrected chi connectivity index (χ2v) is 6.11. The van der Waals surface area contributed by atoms with Gasteiger partial charge in [0.05, 0.1) is 16.5 Å². The van der Waals surface area contributed by atoms with E-state index in [1.165, 1.54) is 16.5 Å². The van der Waals surface area contributed by atoms with Gasteiger partial charge in [-0.2, -0.15) is 0 Å². The highest BCUT2D eigenvalue weighted by molar-refractivity contribution is 8.68. The van der Waals surface area contributed by atoms with Gasteiger partial charge in [-0.25, -0.2) is 4.98 Å². The molecule has 86 valence electrons. The number of nitrogens with zero attached hydrogens (tertiary/aromatic N) is 2. The number of pyridine rings is 1. The van der Waals surface area contributed by atoms with Crippen LogP contribution in [0.5, 0.6) is 0 Å². The van der Waals surface area contributed by atoms with Crippen LogP contribution in [0.15, 0.2) is 18.3 Å². The van der Waals surface area contributed by atoms with Gasteiger partial charge in [0.2, 0.25) is 0 Å². The summed E-state index contributed by atoms with van der Waals surface area (Å²) >= 11 is 4.32. The first-order valence-corrected chi connectivity index (χ1v) is 6.86. The minimum Gasteiger partial charge on any atom is -0.384 e. The number of hydrogen-bond acceptors (Lipinski definition) is 4. The van der Waals surface area contributed by atoms with Crippen molar-refractivity contribution in [1.82, 2.24) is 9.55 Å². The predicted octanol–water partition coefficient (Wildman–Crippen LogP) is 2.97. The molecule has 3 nitrogen and oxygen atoms in total. The van der Waals surface area contributed by atoms with Crippen molar-refractivity contribution in [3.05, 3.63) is 24.0 Å². The van der Waals surface area contributed by atoms with E-state index in [9.17, 15) is 0 Å². The van der Waals surface area contributed by atoms with Crippen LogP contribution < -0.4 is 5.73 Å². The highest BCUT2D eigenvalue weighted by atomic mass is 33.1. The Morgan fingerprint density at radius 1 is 1.44 bits per heavy atom. The maximum Gasteiger partial charge on any atom is 0.124 e. The summed E-state index contributed by atoms with van der Waals surface area (Å²) in [5.41, 5.74) is 8.00. The van der Waals surface area contributed by atoms with Gasteiger partial charge in [0.1, 0.15) is 5.82 Å². The Balaban J connectivity index is 2.69. The van der Waals surface area contributed by atoms with Crippen LogP contribution in [0.3, 0.4) is 0 Å². The molecule has 0 saturated heterocycles. The lowest BCUT2D eigenvalue weighted by Crippen LogP contribution is -2.14. The molecule has 0 aliphatic rings. The lowest BCUT2D eigenvalue weighted by Gasteiger charge is -2.22. The minimum absolute atomic E-state index is 0.0361. The van der Waals surface area contributed by atoms with Gasteiger partial charge in [-0.1, -0.05) is 10.8 Å². The number of fused-ring (bicyclic) bond motifs is 1. The van der Waals surface area contributed by atoms with Crippen molar-refractivity contribution < 1.29 is 0 Å². The second kappa shape index (κ2) is 3.89. The minimum atomic E-state index is -0.0361. The van der Waals surface area contributed by atoms with Crippen molar-refractivity contribution in [2.75, 3.05) is 5.73 Å². The Hall–Kier alpha value is -0.810. The lowest BCUT2D eigenvalue weighted by molar-refractivity contribution is 0.703. The van der Waals surface area contributed by atoms with E-state index in [4.69, 9.17) is 5.73 Å². The number of aryl methyl sites for hydroxylation is 1. The zero-order valence-electron chi connectivity index (χ0n) is 9.56. The molecule has 2 N–H and O–H groups in total. The number of anilines is 1. The average molecular weight is 253 g/mol. The van der Waals surface area contributed by atoms with E-state index in [1.807, 2.05) is 19.3 Å². The quantitative estimate of drug-likeness (QED) is 0.639. The molecule has 2 rings (SSSR count). The van der Waals surface area contributed by atoms with Gasteiger partial charge < -0.3 is 10.3 Å².